The van der Waals surface area contributed by atoms with E-state index in [0.717, 1.165) is 36.2 Å². The van der Waals surface area contributed by atoms with Gasteiger partial charge in [0.15, 0.2) is 5.96 Å². The molecular weight excluding hydrogens is 485 g/mol. The predicted molar refractivity (Wildman–Crippen MR) is 129 cm³/mol. The van der Waals surface area contributed by atoms with Crippen LogP contribution < -0.4 is 15.4 Å². The van der Waals surface area contributed by atoms with Crippen LogP contribution in [0.4, 0.5) is 0 Å². The normalized spacial score (nSPS) is 12.3. The van der Waals surface area contributed by atoms with Gasteiger partial charge in [-0.25, -0.2) is 0 Å². The third-order valence-electron chi connectivity index (χ3n) is 4.53. The fraction of sp³-hybridized carbons (Fsp3) is 0.500. The van der Waals surface area contributed by atoms with Crippen LogP contribution in [0.3, 0.4) is 0 Å². The standard InChI is InChI=1S/C20H31N5OS.HI/c1-14(13-27-19-10-8-7-9-18(19)26-6)11-22-20(21-4)23-12-17-15(2)24-25(5)16(17)3;/h7-10,14H,11-13H2,1-6H3,(H2,21,22,23);1H. The van der Waals surface area contributed by atoms with Crippen LogP contribution in [0.2, 0.25) is 0 Å². The third kappa shape index (κ3) is 6.88. The lowest BCUT2D eigenvalue weighted by atomic mass is 10.2. The monoisotopic (exact) mass is 517 g/mol. The zero-order valence-electron chi connectivity index (χ0n) is 17.6. The van der Waals surface area contributed by atoms with Crippen molar-refractivity contribution in [1.29, 1.82) is 0 Å². The van der Waals surface area contributed by atoms with E-state index in [1.165, 1.54) is 16.2 Å². The minimum atomic E-state index is 0. The molecule has 1 unspecified atom stereocenters. The molecule has 0 fully saturated rings. The lowest BCUT2D eigenvalue weighted by Crippen LogP contribution is -2.39. The van der Waals surface area contributed by atoms with Crippen molar-refractivity contribution in [3.05, 3.63) is 41.2 Å². The molecule has 1 aromatic heterocycles. The number of aliphatic imine (C=N–C) groups is 1. The van der Waals surface area contributed by atoms with Crippen LogP contribution in [-0.4, -0.2) is 42.2 Å². The Labute approximate surface area is 189 Å². The van der Waals surface area contributed by atoms with Crippen molar-refractivity contribution in [2.45, 2.75) is 32.2 Å². The number of methoxy groups -OCH3 is 1. The number of rotatable bonds is 8. The Bertz CT molecular complexity index is 778. The van der Waals surface area contributed by atoms with Crippen LogP contribution in [0.25, 0.3) is 0 Å². The molecule has 1 aromatic carbocycles. The van der Waals surface area contributed by atoms with Gasteiger partial charge >= 0.3 is 0 Å². The number of hydrogen-bond acceptors (Lipinski definition) is 4. The minimum absolute atomic E-state index is 0. The lowest BCUT2D eigenvalue weighted by molar-refractivity contribution is 0.405. The van der Waals surface area contributed by atoms with Gasteiger partial charge in [0.1, 0.15) is 5.75 Å². The molecule has 156 valence electrons. The summed E-state index contributed by atoms with van der Waals surface area (Å²) in [5, 5.41) is 11.3. The fourth-order valence-electron chi connectivity index (χ4n) is 2.77. The first kappa shape index (κ1) is 24.6. The van der Waals surface area contributed by atoms with Gasteiger partial charge in [-0.2, -0.15) is 5.10 Å². The Balaban J connectivity index is 0.00000392. The number of para-hydroxylation sites is 1. The van der Waals surface area contributed by atoms with Crippen molar-refractivity contribution in [3.8, 4) is 5.75 Å². The first-order valence-corrected chi connectivity index (χ1v) is 10.1. The summed E-state index contributed by atoms with van der Waals surface area (Å²) in [4.78, 5) is 5.50. The molecular formula is C20H32IN5OS. The second-order valence-corrected chi connectivity index (χ2v) is 7.71. The molecule has 0 saturated heterocycles. The van der Waals surface area contributed by atoms with Gasteiger partial charge in [0, 0.05) is 49.1 Å². The average Bonchev–Trinajstić information content (AvgIpc) is 2.92. The summed E-state index contributed by atoms with van der Waals surface area (Å²) in [6, 6.07) is 8.14. The Hall–Kier alpha value is -1.42. The molecule has 0 saturated carbocycles. The molecule has 28 heavy (non-hydrogen) atoms. The topological polar surface area (TPSA) is 63.5 Å². The van der Waals surface area contributed by atoms with E-state index < -0.39 is 0 Å². The number of thioether (sulfide) groups is 1. The van der Waals surface area contributed by atoms with Crippen molar-refractivity contribution in [2.75, 3.05) is 26.5 Å². The molecule has 1 heterocycles. The molecule has 2 N–H and O–H groups in total. The zero-order valence-corrected chi connectivity index (χ0v) is 20.7. The molecule has 0 aliphatic rings. The summed E-state index contributed by atoms with van der Waals surface area (Å²) in [5.41, 5.74) is 3.46. The summed E-state index contributed by atoms with van der Waals surface area (Å²) in [7, 11) is 5.48. The number of benzene rings is 1. The highest BCUT2D eigenvalue weighted by Crippen LogP contribution is 2.29. The molecule has 0 bridgehead atoms. The van der Waals surface area contributed by atoms with Crippen LogP contribution >= 0.6 is 35.7 Å². The summed E-state index contributed by atoms with van der Waals surface area (Å²) >= 11 is 1.82. The van der Waals surface area contributed by atoms with Crippen molar-refractivity contribution >= 4 is 41.7 Å². The van der Waals surface area contributed by atoms with E-state index in [-0.39, 0.29) is 24.0 Å². The number of aromatic nitrogens is 2. The second-order valence-electron chi connectivity index (χ2n) is 6.65. The van der Waals surface area contributed by atoms with Gasteiger partial charge in [-0.3, -0.25) is 9.67 Å². The van der Waals surface area contributed by atoms with Gasteiger partial charge in [0.25, 0.3) is 0 Å². The molecule has 0 radical (unpaired) electrons. The van der Waals surface area contributed by atoms with E-state index in [0.29, 0.717) is 5.92 Å². The highest BCUT2D eigenvalue weighted by molar-refractivity contribution is 14.0. The summed E-state index contributed by atoms with van der Waals surface area (Å²) in [6.45, 7) is 7.93. The van der Waals surface area contributed by atoms with Crippen LogP contribution in [0.5, 0.6) is 5.75 Å². The maximum Gasteiger partial charge on any atom is 0.191 e. The maximum atomic E-state index is 5.42. The predicted octanol–water partition coefficient (Wildman–Crippen LogP) is 3.76. The number of hydrogen-bond donors (Lipinski definition) is 2. The van der Waals surface area contributed by atoms with E-state index in [4.69, 9.17) is 4.74 Å². The van der Waals surface area contributed by atoms with E-state index in [1.807, 2.05) is 48.6 Å². The van der Waals surface area contributed by atoms with Gasteiger partial charge in [0.2, 0.25) is 0 Å². The molecule has 0 aliphatic carbocycles. The zero-order chi connectivity index (χ0) is 19.8. The van der Waals surface area contributed by atoms with Crippen LogP contribution in [-0.2, 0) is 13.6 Å². The SMILES string of the molecule is CN=C(NCc1c(C)nn(C)c1C)NCC(C)CSc1ccccc1OC.I. The number of halogens is 1. The van der Waals surface area contributed by atoms with E-state index in [2.05, 4.69) is 40.6 Å². The highest BCUT2D eigenvalue weighted by Gasteiger charge is 2.11. The molecule has 2 rings (SSSR count). The molecule has 0 amide bonds. The number of nitrogens with one attached hydrogen (secondary N) is 2. The fourth-order valence-corrected chi connectivity index (χ4v) is 3.82. The van der Waals surface area contributed by atoms with E-state index >= 15 is 0 Å². The maximum absolute atomic E-state index is 5.42. The molecule has 2 aromatic rings. The number of nitrogens with zero attached hydrogens (tertiary/aromatic N) is 3. The van der Waals surface area contributed by atoms with Gasteiger partial charge in [-0.15, -0.1) is 35.7 Å². The smallest absolute Gasteiger partial charge is 0.191 e. The summed E-state index contributed by atoms with van der Waals surface area (Å²) < 4.78 is 7.33. The first-order chi connectivity index (χ1) is 13.0. The largest absolute Gasteiger partial charge is 0.496 e. The van der Waals surface area contributed by atoms with Crippen LogP contribution in [0.1, 0.15) is 23.9 Å². The second kappa shape index (κ2) is 12.2. The number of aryl methyl sites for hydroxylation is 2. The van der Waals surface area contributed by atoms with Gasteiger partial charge in [-0.05, 0) is 31.9 Å². The van der Waals surface area contributed by atoms with E-state index in [1.54, 1.807) is 14.2 Å². The van der Waals surface area contributed by atoms with Crippen LogP contribution in [0, 0.1) is 19.8 Å². The first-order valence-electron chi connectivity index (χ1n) is 9.15. The Morgan fingerprint density at radius 3 is 2.61 bits per heavy atom. The highest BCUT2D eigenvalue weighted by atomic mass is 127. The van der Waals surface area contributed by atoms with Gasteiger partial charge < -0.3 is 15.4 Å². The summed E-state index contributed by atoms with van der Waals surface area (Å²) in [5.74, 6) is 3.24. The Morgan fingerprint density at radius 1 is 1.29 bits per heavy atom. The molecule has 6 nitrogen and oxygen atoms in total. The van der Waals surface area contributed by atoms with Gasteiger partial charge in [0.05, 0.1) is 12.8 Å². The number of guanidine groups is 1. The average molecular weight is 517 g/mol. The lowest BCUT2D eigenvalue weighted by Gasteiger charge is -2.16. The Morgan fingerprint density at radius 2 is 2.00 bits per heavy atom. The van der Waals surface area contributed by atoms with Crippen LogP contribution in [0.15, 0.2) is 34.2 Å². The molecule has 8 heteroatoms. The molecule has 0 aliphatic heterocycles. The van der Waals surface area contributed by atoms with Gasteiger partial charge in [-0.1, -0.05) is 19.1 Å². The number of ether oxygens (including phenoxy) is 1. The quantitative estimate of drug-likeness (QED) is 0.242. The van der Waals surface area contributed by atoms with Crippen molar-refractivity contribution in [3.63, 3.8) is 0 Å². The molecule has 0 spiro atoms. The summed E-state index contributed by atoms with van der Waals surface area (Å²) in [6.07, 6.45) is 0. The Kier molecular flexibility index (Phi) is 10.7. The molecule has 1 atom stereocenters. The van der Waals surface area contributed by atoms with Crippen molar-refractivity contribution in [2.24, 2.45) is 18.0 Å². The third-order valence-corrected chi connectivity index (χ3v) is 5.91. The van der Waals surface area contributed by atoms with Crippen molar-refractivity contribution in [1.82, 2.24) is 20.4 Å². The van der Waals surface area contributed by atoms with E-state index in [9.17, 15) is 0 Å². The minimum Gasteiger partial charge on any atom is -0.496 e. The van der Waals surface area contributed by atoms with Crippen molar-refractivity contribution < 1.29 is 4.74 Å².